The van der Waals surface area contributed by atoms with E-state index in [1.807, 2.05) is 45.2 Å². The molecule has 11 heteroatoms. The number of aliphatic hydroxyl groups excluding tert-OH is 2. The van der Waals surface area contributed by atoms with Crippen molar-refractivity contribution in [1.82, 2.24) is 0 Å². The first-order chi connectivity index (χ1) is 10.6. The van der Waals surface area contributed by atoms with Crippen molar-refractivity contribution in [3.05, 3.63) is 16.3 Å². The molecule has 0 aliphatic carbocycles. The summed E-state index contributed by atoms with van der Waals surface area (Å²) in [6, 6.07) is 0. The molecule has 0 heterocycles. The Morgan fingerprint density at radius 3 is 1.57 bits per heavy atom. The number of anilines is 2. The van der Waals surface area contributed by atoms with Crippen LogP contribution in [-0.2, 0) is 9.59 Å². The van der Waals surface area contributed by atoms with Crippen LogP contribution in [0.25, 0.3) is 0 Å². The Hall–Kier alpha value is 0.190. The topological polar surface area (TPSA) is 122 Å². The number of nitrogens with zero attached hydrogens (tertiary/aromatic N) is 2. The number of rotatable bonds is 4. The molecule has 0 saturated heterocycles. The van der Waals surface area contributed by atoms with Gasteiger partial charge in [0.1, 0.15) is 17.5 Å². The largest absolute Gasteiger partial charge is 0.393 e. The SMILES string of the molecule is CC(=O)N(O)c1c(I)c(C(O)CO)c(I)c(N(O)C(C)=O)c1I. The molecule has 1 aromatic rings. The van der Waals surface area contributed by atoms with Gasteiger partial charge >= 0.3 is 0 Å². The van der Waals surface area contributed by atoms with Gasteiger partial charge in [-0.25, -0.2) is 0 Å². The first-order valence-corrected chi connectivity index (χ1v) is 9.28. The van der Waals surface area contributed by atoms with E-state index in [9.17, 15) is 30.2 Å². The maximum atomic E-state index is 11.5. The molecule has 0 aliphatic heterocycles. The van der Waals surface area contributed by atoms with Crippen LogP contribution in [-0.4, -0.2) is 39.0 Å². The molecular weight excluding hydrogens is 649 g/mol. The van der Waals surface area contributed by atoms with Crippen LogP contribution in [0.3, 0.4) is 0 Å². The molecule has 0 aromatic heterocycles. The normalized spacial score (nSPS) is 12.0. The minimum absolute atomic E-state index is 0.0110. The monoisotopic (exact) mass is 662 g/mol. The molecule has 23 heavy (non-hydrogen) atoms. The molecule has 0 spiro atoms. The quantitative estimate of drug-likeness (QED) is 0.223. The van der Waals surface area contributed by atoms with Gasteiger partial charge in [0.05, 0.1) is 10.2 Å². The van der Waals surface area contributed by atoms with Crippen LogP contribution in [0.1, 0.15) is 25.5 Å². The molecule has 0 radical (unpaired) electrons. The number of benzene rings is 1. The van der Waals surface area contributed by atoms with E-state index in [4.69, 9.17) is 0 Å². The molecule has 128 valence electrons. The van der Waals surface area contributed by atoms with E-state index in [1.54, 1.807) is 22.6 Å². The standard InChI is InChI=1S/C12H13I3N2O6/c1-4(19)16(22)11-8(13)7(6(21)3-18)9(14)12(10(11)15)17(23)5(2)20/h6,18,21-23H,3H2,1-2H3. The van der Waals surface area contributed by atoms with Gasteiger partial charge in [0.25, 0.3) is 0 Å². The summed E-state index contributed by atoms with van der Waals surface area (Å²) in [4.78, 5) is 23.0. The molecule has 0 bridgehead atoms. The molecule has 0 saturated carbocycles. The van der Waals surface area contributed by atoms with E-state index in [-0.39, 0.29) is 20.5 Å². The van der Waals surface area contributed by atoms with Crippen molar-refractivity contribution in [3.63, 3.8) is 0 Å². The summed E-state index contributed by atoms with van der Waals surface area (Å²) in [6.07, 6.45) is -1.32. The zero-order valence-electron chi connectivity index (χ0n) is 11.9. The second kappa shape index (κ2) is 8.52. The lowest BCUT2D eigenvalue weighted by Crippen LogP contribution is -2.31. The highest BCUT2D eigenvalue weighted by atomic mass is 127. The molecule has 0 aliphatic rings. The second-order valence-corrected chi connectivity index (χ2v) is 7.65. The Labute approximate surface area is 172 Å². The Bertz CT molecular complexity index is 607. The van der Waals surface area contributed by atoms with Crippen LogP contribution >= 0.6 is 67.8 Å². The fourth-order valence-corrected chi connectivity index (χ4v) is 6.53. The van der Waals surface area contributed by atoms with Crippen LogP contribution in [0.4, 0.5) is 11.4 Å². The summed E-state index contributed by atoms with van der Waals surface area (Å²) in [5.41, 5.74) is 0.216. The Morgan fingerprint density at radius 2 is 1.30 bits per heavy atom. The smallest absolute Gasteiger partial charge is 0.247 e. The highest BCUT2D eigenvalue weighted by molar-refractivity contribution is 14.1. The number of hydrogen-bond donors (Lipinski definition) is 4. The van der Waals surface area contributed by atoms with Gasteiger partial charge in [-0.15, -0.1) is 0 Å². The lowest BCUT2D eigenvalue weighted by molar-refractivity contribution is -0.122. The lowest BCUT2D eigenvalue weighted by Gasteiger charge is -2.26. The van der Waals surface area contributed by atoms with Gasteiger partial charge < -0.3 is 10.2 Å². The van der Waals surface area contributed by atoms with Crippen LogP contribution in [0.15, 0.2) is 0 Å². The van der Waals surface area contributed by atoms with Gasteiger partial charge in [0.15, 0.2) is 0 Å². The van der Waals surface area contributed by atoms with E-state index in [0.717, 1.165) is 13.8 Å². The number of carbonyl (C=O) groups is 2. The first kappa shape index (κ1) is 21.2. The van der Waals surface area contributed by atoms with E-state index >= 15 is 0 Å². The van der Waals surface area contributed by atoms with Gasteiger partial charge in [-0.2, -0.15) is 10.1 Å². The van der Waals surface area contributed by atoms with Crippen LogP contribution < -0.4 is 10.1 Å². The van der Waals surface area contributed by atoms with E-state index in [1.165, 1.54) is 0 Å². The lowest BCUT2D eigenvalue weighted by atomic mass is 10.1. The summed E-state index contributed by atoms with van der Waals surface area (Å²) < 4.78 is 0.869. The number of carbonyl (C=O) groups excluding carboxylic acids is 2. The van der Waals surface area contributed by atoms with Crippen LogP contribution in [0.5, 0.6) is 0 Å². The Kier molecular flexibility index (Phi) is 7.87. The second-order valence-electron chi connectivity index (χ2n) is 4.41. The number of hydrogen-bond acceptors (Lipinski definition) is 6. The predicted molar refractivity (Wildman–Crippen MR) is 107 cm³/mol. The minimum atomic E-state index is -1.32. The maximum absolute atomic E-state index is 11.5. The molecule has 4 N–H and O–H groups in total. The molecule has 1 aromatic carbocycles. The van der Waals surface area contributed by atoms with Gasteiger partial charge in [-0.3, -0.25) is 20.0 Å². The summed E-state index contributed by atoms with van der Waals surface area (Å²) in [6.45, 7) is 1.66. The molecule has 1 atom stereocenters. The zero-order valence-corrected chi connectivity index (χ0v) is 18.4. The summed E-state index contributed by atoms with van der Waals surface area (Å²) >= 11 is 5.41. The van der Waals surface area contributed by atoms with Gasteiger partial charge in [-0.05, 0) is 67.8 Å². The van der Waals surface area contributed by atoms with E-state index < -0.39 is 24.5 Å². The van der Waals surface area contributed by atoms with Crippen molar-refractivity contribution in [2.45, 2.75) is 20.0 Å². The van der Waals surface area contributed by atoms with Crippen molar-refractivity contribution in [1.29, 1.82) is 0 Å². The average Bonchev–Trinajstić information content (AvgIpc) is 2.46. The highest BCUT2D eigenvalue weighted by Gasteiger charge is 2.31. The van der Waals surface area contributed by atoms with E-state index in [2.05, 4.69) is 0 Å². The van der Waals surface area contributed by atoms with Gasteiger partial charge in [0.2, 0.25) is 11.8 Å². The summed E-state index contributed by atoms with van der Waals surface area (Å²) in [5.74, 6) is -1.38. The molecular formula is C12H13I3N2O6. The van der Waals surface area contributed by atoms with Crippen LogP contribution in [0, 0.1) is 10.7 Å². The fraction of sp³-hybridized carbons (Fsp3) is 0.333. The van der Waals surface area contributed by atoms with Gasteiger partial charge in [-0.1, -0.05) is 0 Å². The third kappa shape index (κ3) is 4.24. The number of hydroxylamine groups is 2. The zero-order chi connectivity index (χ0) is 18.1. The minimum Gasteiger partial charge on any atom is -0.393 e. The van der Waals surface area contributed by atoms with E-state index in [0.29, 0.717) is 17.3 Å². The third-order valence-electron chi connectivity index (χ3n) is 2.83. The number of halogens is 3. The Morgan fingerprint density at radius 1 is 0.957 bits per heavy atom. The Balaban J connectivity index is 3.88. The number of aliphatic hydroxyl groups is 2. The average molecular weight is 662 g/mol. The van der Waals surface area contributed by atoms with Gasteiger partial charge in [0, 0.05) is 26.6 Å². The van der Waals surface area contributed by atoms with Crippen LogP contribution in [0.2, 0.25) is 0 Å². The van der Waals surface area contributed by atoms with Crippen molar-refractivity contribution >= 4 is 91.0 Å². The molecule has 2 amide bonds. The highest BCUT2D eigenvalue weighted by Crippen LogP contribution is 2.43. The molecule has 1 rings (SSSR count). The maximum Gasteiger partial charge on any atom is 0.247 e. The fourth-order valence-electron chi connectivity index (χ4n) is 1.73. The summed E-state index contributed by atoms with van der Waals surface area (Å²) in [5, 5.41) is 40.0. The molecule has 1 unspecified atom stereocenters. The molecule has 0 fully saturated rings. The molecule has 8 nitrogen and oxygen atoms in total. The van der Waals surface area contributed by atoms with Crippen molar-refractivity contribution < 1.29 is 30.2 Å². The van der Waals surface area contributed by atoms with Crippen molar-refractivity contribution in [2.24, 2.45) is 0 Å². The van der Waals surface area contributed by atoms with Crippen molar-refractivity contribution in [2.75, 3.05) is 16.7 Å². The third-order valence-corrected chi connectivity index (χ3v) is 6.04. The predicted octanol–water partition coefficient (Wildman–Crippen LogP) is 2.01. The number of amides is 2. The summed E-state index contributed by atoms with van der Waals surface area (Å²) in [7, 11) is 0. The van der Waals surface area contributed by atoms with Crippen molar-refractivity contribution in [3.8, 4) is 0 Å². The first-order valence-electron chi connectivity index (χ1n) is 6.04.